The van der Waals surface area contributed by atoms with Crippen molar-refractivity contribution in [2.24, 2.45) is 10.4 Å². The van der Waals surface area contributed by atoms with Crippen LogP contribution in [0.25, 0.3) is 0 Å². The zero-order chi connectivity index (χ0) is 13.3. The topological polar surface area (TPSA) is 58.5 Å². The number of nitrogens with one attached hydrogen (secondary N) is 1. The minimum absolute atomic E-state index is 0.196. The molecule has 1 unspecified atom stereocenters. The van der Waals surface area contributed by atoms with Crippen molar-refractivity contribution in [1.82, 2.24) is 5.32 Å². The van der Waals surface area contributed by atoms with Crippen LogP contribution in [0.2, 0.25) is 0 Å². The molecule has 1 saturated carbocycles. The van der Waals surface area contributed by atoms with E-state index in [9.17, 15) is 8.42 Å². The first-order valence-electron chi connectivity index (χ1n) is 7.22. The van der Waals surface area contributed by atoms with Gasteiger partial charge < -0.3 is 5.32 Å². The Morgan fingerprint density at radius 3 is 2.68 bits per heavy atom. The fourth-order valence-corrected chi connectivity index (χ4v) is 6.30. The van der Waals surface area contributed by atoms with Gasteiger partial charge in [-0.05, 0) is 31.1 Å². The Morgan fingerprint density at radius 1 is 1.32 bits per heavy atom. The van der Waals surface area contributed by atoms with Crippen molar-refractivity contribution in [3.63, 3.8) is 0 Å². The summed E-state index contributed by atoms with van der Waals surface area (Å²) in [6.45, 7) is 1.47. The number of hydrogen-bond donors (Lipinski definition) is 1. The molecule has 1 atom stereocenters. The van der Waals surface area contributed by atoms with Crippen LogP contribution in [0.4, 0.5) is 0 Å². The lowest BCUT2D eigenvalue weighted by atomic mass is 9.89. The maximum Gasteiger partial charge on any atom is 0.156 e. The van der Waals surface area contributed by atoms with Crippen LogP contribution in [-0.4, -0.2) is 43.4 Å². The number of amidine groups is 1. The number of thioether (sulfide) groups is 1. The van der Waals surface area contributed by atoms with Crippen LogP contribution in [0.1, 0.15) is 38.5 Å². The molecule has 108 valence electrons. The van der Waals surface area contributed by atoms with Crippen molar-refractivity contribution in [3.05, 3.63) is 0 Å². The Morgan fingerprint density at radius 2 is 2.11 bits per heavy atom. The summed E-state index contributed by atoms with van der Waals surface area (Å²) in [5.74, 6) is 1.51. The molecule has 0 bridgehead atoms. The summed E-state index contributed by atoms with van der Waals surface area (Å²) < 4.78 is 23.5. The molecular weight excluding hydrogens is 280 g/mol. The molecule has 6 heteroatoms. The lowest BCUT2D eigenvalue weighted by molar-refractivity contribution is 0.358. The van der Waals surface area contributed by atoms with E-state index in [1.165, 1.54) is 25.7 Å². The van der Waals surface area contributed by atoms with Gasteiger partial charge in [-0.25, -0.2) is 8.42 Å². The predicted octanol–water partition coefficient (Wildman–Crippen LogP) is 1.82. The first-order chi connectivity index (χ1) is 9.10. The second-order valence-corrected chi connectivity index (χ2v) is 9.49. The highest BCUT2D eigenvalue weighted by molar-refractivity contribution is 8.13. The Bertz CT molecular complexity index is 467. The van der Waals surface area contributed by atoms with Crippen molar-refractivity contribution in [2.75, 3.05) is 24.6 Å². The van der Waals surface area contributed by atoms with Gasteiger partial charge in [-0.2, -0.15) is 0 Å². The van der Waals surface area contributed by atoms with Gasteiger partial charge in [0.25, 0.3) is 0 Å². The maximum absolute atomic E-state index is 11.8. The Labute approximate surface area is 119 Å². The van der Waals surface area contributed by atoms with Crippen LogP contribution in [0.15, 0.2) is 4.99 Å². The summed E-state index contributed by atoms with van der Waals surface area (Å²) in [5, 5.41) is 4.02. The van der Waals surface area contributed by atoms with E-state index >= 15 is 0 Å². The standard InChI is InChI=1S/C13H22N2O2S2/c16-19(17)7-3-4-11(19)8-14-12-15-9-13(10-18-12)5-1-2-6-13/h11H,1-10H2,(H,14,15). The molecule has 0 amide bonds. The molecule has 0 aromatic rings. The number of aliphatic imine (C=N–C) groups is 1. The van der Waals surface area contributed by atoms with Crippen molar-refractivity contribution in [1.29, 1.82) is 0 Å². The Balaban J connectivity index is 1.53. The molecule has 1 aliphatic carbocycles. The van der Waals surface area contributed by atoms with E-state index in [-0.39, 0.29) is 5.25 Å². The third kappa shape index (κ3) is 2.94. The van der Waals surface area contributed by atoms with Gasteiger partial charge >= 0.3 is 0 Å². The van der Waals surface area contributed by atoms with Crippen LogP contribution in [0.5, 0.6) is 0 Å². The minimum atomic E-state index is -2.84. The van der Waals surface area contributed by atoms with Crippen LogP contribution >= 0.6 is 11.8 Å². The van der Waals surface area contributed by atoms with Gasteiger partial charge in [0, 0.05) is 18.8 Å². The molecule has 2 aliphatic heterocycles. The van der Waals surface area contributed by atoms with Crippen LogP contribution in [-0.2, 0) is 9.84 Å². The van der Waals surface area contributed by atoms with Gasteiger partial charge in [0.2, 0.25) is 0 Å². The van der Waals surface area contributed by atoms with Gasteiger partial charge in [-0.1, -0.05) is 24.6 Å². The summed E-state index contributed by atoms with van der Waals surface area (Å²) >= 11 is 1.79. The minimum Gasteiger partial charge on any atom is -0.364 e. The highest BCUT2D eigenvalue weighted by Gasteiger charge is 2.37. The fourth-order valence-electron chi connectivity index (χ4n) is 3.38. The molecule has 2 heterocycles. The van der Waals surface area contributed by atoms with E-state index < -0.39 is 9.84 Å². The van der Waals surface area contributed by atoms with E-state index in [0.29, 0.717) is 17.7 Å². The smallest absolute Gasteiger partial charge is 0.156 e. The molecule has 0 aromatic heterocycles. The van der Waals surface area contributed by atoms with E-state index in [1.54, 1.807) is 11.8 Å². The van der Waals surface area contributed by atoms with Gasteiger partial charge in [-0.3, -0.25) is 4.99 Å². The second-order valence-electron chi connectivity index (χ2n) is 6.13. The molecule has 3 aliphatic rings. The van der Waals surface area contributed by atoms with Gasteiger partial charge in [0.05, 0.1) is 11.0 Å². The first-order valence-corrected chi connectivity index (χ1v) is 9.93. The number of rotatable bonds is 2. The third-order valence-electron chi connectivity index (χ3n) is 4.68. The van der Waals surface area contributed by atoms with Crippen LogP contribution in [0.3, 0.4) is 0 Å². The molecule has 4 nitrogen and oxygen atoms in total. The lowest BCUT2D eigenvalue weighted by Crippen LogP contribution is -2.37. The van der Waals surface area contributed by atoms with Crippen molar-refractivity contribution >= 4 is 26.8 Å². The molecule has 3 rings (SSSR count). The highest BCUT2D eigenvalue weighted by Crippen LogP contribution is 2.43. The van der Waals surface area contributed by atoms with Crippen molar-refractivity contribution in [3.8, 4) is 0 Å². The Kier molecular flexibility index (Phi) is 3.82. The zero-order valence-electron chi connectivity index (χ0n) is 11.2. The largest absolute Gasteiger partial charge is 0.364 e. The Hall–Kier alpha value is -0.230. The monoisotopic (exact) mass is 302 g/mol. The third-order valence-corrected chi connectivity index (χ3v) is 8.26. The van der Waals surface area contributed by atoms with Crippen molar-refractivity contribution in [2.45, 2.75) is 43.8 Å². The zero-order valence-corrected chi connectivity index (χ0v) is 12.9. The molecule has 1 spiro atoms. The quantitative estimate of drug-likeness (QED) is 0.845. The molecule has 1 saturated heterocycles. The predicted molar refractivity (Wildman–Crippen MR) is 80.5 cm³/mol. The van der Waals surface area contributed by atoms with E-state index in [0.717, 1.165) is 30.3 Å². The first kappa shape index (κ1) is 13.7. The molecular formula is C13H22N2O2S2. The molecule has 0 radical (unpaired) electrons. The molecule has 0 aromatic carbocycles. The maximum atomic E-state index is 11.8. The molecule has 19 heavy (non-hydrogen) atoms. The van der Waals surface area contributed by atoms with Gasteiger partial charge in [0.1, 0.15) is 0 Å². The van der Waals surface area contributed by atoms with Gasteiger partial charge in [0.15, 0.2) is 15.0 Å². The summed E-state index contributed by atoms with van der Waals surface area (Å²) in [6.07, 6.45) is 6.94. The molecule has 2 fully saturated rings. The average molecular weight is 302 g/mol. The van der Waals surface area contributed by atoms with Crippen LogP contribution < -0.4 is 5.32 Å². The fraction of sp³-hybridized carbons (Fsp3) is 0.923. The SMILES string of the molecule is O=S1(=O)CCCC1CNC1=NCC2(CCCC2)CS1. The number of hydrogen-bond acceptors (Lipinski definition) is 5. The molecule has 1 N–H and O–H groups in total. The lowest BCUT2D eigenvalue weighted by Gasteiger charge is -2.31. The summed E-state index contributed by atoms with van der Waals surface area (Å²) in [5.41, 5.74) is 0.454. The number of nitrogens with zero attached hydrogens (tertiary/aromatic N) is 1. The highest BCUT2D eigenvalue weighted by atomic mass is 32.2. The normalized spacial score (nSPS) is 32.4. The summed E-state index contributed by atoms with van der Waals surface area (Å²) in [7, 11) is -2.84. The van der Waals surface area contributed by atoms with Crippen LogP contribution in [0, 0.1) is 5.41 Å². The second kappa shape index (κ2) is 5.28. The van der Waals surface area contributed by atoms with Crippen molar-refractivity contribution < 1.29 is 8.42 Å². The van der Waals surface area contributed by atoms with E-state index in [2.05, 4.69) is 10.3 Å². The van der Waals surface area contributed by atoms with E-state index in [1.807, 2.05) is 0 Å². The summed E-state index contributed by atoms with van der Waals surface area (Å²) in [4.78, 5) is 4.65. The average Bonchev–Trinajstić information content (AvgIpc) is 2.96. The van der Waals surface area contributed by atoms with E-state index in [4.69, 9.17) is 0 Å². The summed E-state index contributed by atoms with van der Waals surface area (Å²) in [6, 6.07) is 0. The number of sulfone groups is 1. The van der Waals surface area contributed by atoms with Gasteiger partial charge in [-0.15, -0.1) is 0 Å².